The molecule has 0 atom stereocenters. The van der Waals surface area contributed by atoms with Gasteiger partial charge in [-0.2, -0.15) is 0 Å². The zero-order valence-corrected chi connectivity index (χ0v) is 5.84. The maximum absolute atomic E-state index is 9.32. The first-order valence-corrected chi connectivity index (χ1v) is 1.17. The van der Waals surface area contributed by atoms with E-state index < -0.39 is 11.9 Å². The van der Waals surface area contributed by atoms with E-state index >= 15 is 0 Å². The molecule has 0 saturated carbocycles. The van der Waals surface area contributed by atoms with Gasteiger partial charge in [-0.15, -0.1) is 0 Å². The average molecular weight is 112 g/mol. The van der Waals surface area contributed by atoms with Crippen molar-refractivity contribution in [3.05, 3.63) is 0 Å². The van der Waals surface area contributed by atoms with E-state index in [1.54, 1.807) is 0 Å². The van der Waals surface area contributed by atoms with Crippen molar-refractivity contribution < 1.29 is 14.7 Å². The summed E-state index contributed by atoms with van der Waals surface area (Å²) < 4.78 is 0. The van der Waals surface area contributed by atoms with Gasteiger partial charge in [0, 0.05) is 29.6 Å². The van der Waals surface area contributed by atoms with Crippen LogP contribution in [0.3, 0.4) is 0 Å². The second kappa shape index (κ2) is 4.11. The van der Waals surface area contributed by atoms with Crippen molar-refractivity contribution in [2.24, 2.45) is 5.73 Å². The monoisotopic (exact) mass is 112 g/mol. The van der Waals surface area contributed by atoms with E-state index in [-0.39, 0.29) is 29.6 Å². The first-order valence-electron chi connectivity index (χ1n) is 1.17. The van der Waals surface area contributed by atoms with Gasteiger partial charge in [0.2, 0.25) is 0 Å². The van der Waals surface area contributed by atoms with Gasteiger partial charge in [0.25, 0.3) is 0 Å². The van der Waals surface area contributed by atoms with Crippen LogP contribution in [0.1, 0.15) is 0 Å². The fraction of sp³-hybridized carbons (Fsp3) is 0. The molecule has 0 bridgehead atoms. The number of amides is 1. The van der Waals surface area contributed by atoms with E-state index in [4.69, 9.17) is 5.11 Å². The van der Waals surface area contributed by atoms with Crippen LogP contribution >= 0.6 is 0 Å². The third kappa shape index (κ3) is 5.94. The van der Waals surface area contributed by atoms with Crippen molar-refractivity contribution in [1.29, 1.82) is 0 Å². The van der Waals surface area contributed by atoms with E-state index in [0.29, 0.717) is 0 Å². The molecule has 0 aliphatic heterocycles. The van der Waals surface area contributed by atoms with Gasteiger partial charge in [-0.1, -0.05) is 0 Å². The standard InChI is InChI=1S/C2H3NO3.Na/c3-1(4)2(5)6;/h(H2,3,4)(H,5,6);. The molecular formula is C2H3NNaO3. The van der Waals surface area contributed by atoms with Gasteiger partial charge in [-0.25, -0.2) is 4.79 Å². The molecule has 7 heavy (non-hydrogen) atoms. The summed E-state index contributed by atoms with van der Waals surface area (Å²) in [5.74, 6) is -2.93. The molecule has 0 saturated heterocycles. The van der Waals surface area contributed by atoms with Crippen LogP contribution in [0.5, 0.6) is 0 Å². The minimum absolute atomic E-state index is 0. The van der Waals surface area contributed by atoms with Gasteiger partial charge in [-0.3, -0.25) is 4.79 Å². The number of carboxylic acids is 1. The molecule has 1 radical (unpaired) electrons. The SMILES string of the molecule is NC(=O)C(=O)O.[Na]. The number of aliphatic carboxylic acids is 1. The minimum atomic E-state index is -1.60. The Hall–Kier alpha value is -0.0600. The molecule has 1 amide bonds. The molecule has 0 aromatic rings. The van der Waals surface area contributed by atoms with E-state index in [0.717, 1.165) is 0 Å². The Morgan fingerprint density at radius 3 is 1.57 bits per heavy atom. The van der Waals surface area contributed by atoms with Crippen LogP contribution in [-0.4, -0.2) is 46.5 Å². The van der Waals surface area contributed by atoms with Crippen molar-refractivity contribution in [2.75, 3.05) is 0 Å². The number of carbonyl (C=O) groups is 2. The molecule has 0 aliphatic carbocycles. The van der Waals surface area contributed by atoms with E-state index in [2.05, 4.69) is 5.73 Å². The van der Waals surface area contributed by atoms with Gasteiger partial charge >= 0.3 is 11.9 Å². The van der Waals surface area contributed by atoms with Crippen LogP contribution in [0.2, 0.25) is 0 Å². The Morgan fingerprint density at radius 1 is 1.43 bits per heavy atom. The Bertz CT molecular complexity index is 78.9. The Kier molecular flexibility index (Phi) is 5.89. The van der Waals surface area contributed by atoms with Gasteiger partial charge in [0.1, 0.15) is 0 Å². The fourth-order valence-corrected chi connectivity index (χ4v) is 0. The Labute approximate surface area is 62.0 Å². The van der Waals surface area contributed by atoms with Crippen molar-refractivity contribution in [3.8, 4) is 0 Å². The third-order valence-corrected chi connectivity index (χ3v) is 0.211. The van der Waals surface area contributed by atoms with Crippen LogP contribution in [0, 0.1) is 0 Å². The van der Waals surface area contributed by atoms with Crippen molar-refractivity contribution in [1.82, 2.24) is 0 Å². The number of hydrogen-bond donors (Lipinski definition) is 2. The number of rotatable bonds is 0. The number of primary amides is 1. The third-order valence-electron chi connectivity index (χ3n) is 0.211. The van der Waals surface area contributed by atoms with Gasteiger partial charge in [0.05, 0.1) is 0 Å². The van der Waals surface area contributed by atoms with Gasteiger partial charge in [-0.05, 0) is 0 Å². The smallest absolute Gasteiger partial charge is 0.394 e. The number of carboxylic acid groups (broad SMARTS) is 1. The molecule has 0 spiro atoms. The molecule has 0 heterocycles. The van der Waals surface area contributed by atoms with Crippen LogP contribution in [0.15, 0.2) is 0 Å². The summed E-state index contributed by atoms with van der Waals surface area (Å²) >= 11 is 0. The van der Waals surface area contributed by atoms with Crippen LogP contribution in [-0.2, 0) is 9.59 Å². The summed E-state index contributed by atoms with van der Waals surface area (Å²) in [4.78, 5) is 18.5. The topological polar surface area (TPSA) is 80.4 Å². The second-order valence-corrected chi connectivity index (χ2v) is 0.669. The maximum Gasteiger partial charge on any atom is 0.394 e. The normalized spacial score (nSPS) is 6.29. The van der Waals surface area contributed by atoms with Crippen molar-refractivity contribution in [2.45, 2.75) is 0 Å². The Balaban J connectivity index is 0. The van der Waals surface area contributed by atoms with Crippen LogP contribution in [0.4, 0.5) is 0 Å². The summed E-state index contributed by atoms with van der Waals surface area (Å²) in [6.45, 7) is 0. The molecule has 0 aromatic carbocycles. The molecular weight excluding hydrogens is 109 g/mol. The molecule has 0 unspecified atom stereocenters. The zero-order valence-electron chi connectivity index (χ0n) is 3.84. The molecule has 35 valence electrons. The van der Waals surface area contributed by atoms with E-state index in [9.17, 15) is 9.59 Å². The summed E-state index contributed by atoms with van der Waals surface area (Å²) in [5.41, 5.74) is 4.20. The molecule has 0 rings (SSSR count). The predicted octanol–water partition coefficient (Wildman–Crippen LogP) is -1.82. The molecule has 4 nitrogen and oxygen atoms in total. The maximum atomic E-state index is 9.32. The number of hydrogen-bond acceptors (Lipinski definition) is 2. The zero-order chi connectivity index (χ0) is 5.15. The summed E-state index contributed by atoms with van der Waals surface area (Å²) in [6, 6.07) is 0. The number of nitrogens with two attached hydrogens (primary N) is 1. The summed E-state index contributed by atoms with van der Waals surface area (Å²) in [6.07, 6.45) is 0. The molecule has 0 aliphatic rings. The fourth-order valence-electron chi connectivity index (χ4n) is 0. The molecule has 3 N–H and O–H groups in total. The molecule has 0 aromatic heterocycles. The van der Waals surface area contributed by atoms with E-state index in [1.165, 1.54) is 0 Å². The minimum Gasteiger partial charge on any atom is -0.474 e. The second-order valence-electron chi connectivity index (χ2n) is 0.669. The Morgan fingerprint density at radius 2 is 1.57 bits per heavy atom. The quantitative estimate of drug-likeness (QED) is 0.286. The summed E-state index contributed by atoms with van der Waals surface area (Å²) in [5, 5.41) is 7.52. The van der Waals surface area contributed by atoms with Crippen LogP contribution in [0.25, 0.3) is 0 Å². The van der Waals surface area contributed by atoms with Crippen molar-refractivity contribution >= 4 is 41.4 Å². The predicted molar refractivity (Wildman–Crippen MR) is 22.6 cm³/mol. The average Bonchev–Trinajstić information content (AvgIpc) is 1.36. The summed E-state index contributed by atoms with van der Waals surface area (Å²) in [7, 11) is 0. The van der Waals surface area contributed by atoms with Crippen LogP contribution < -0.4 is 5.73 Å². The largest absolute Gasteiger partial charge is 0.474 e. The molecule has 0 fully saturated rings. The van der Waals surface area contributed by atoms with Gasteiger partial charge < -0.3 is 10.8 Å². The molecule has 5 heteroatoms. The number of carbonyl (C=O) groups excluding carboxylic acids is 1. The van der Waals surface area contributed by atoms with Gasteiger partial charge in [0.15, 0.2) is 0 Å². The first kappa shape index (κ1) is 10.0. The first-order chi connectivity index (χ1) is 2.64. The van der Waals surface area contributed by atoms with Crippen molar-refractivity contribution in [3.63, 3.8) is 0 Å². The van der Waals surface area contributed by atoms with E-state index in [1.807, 2.05) is 0 Å².